The molecule has 0 atom stereocenters. The minimum atomic E-state index is -4.82. The van der Waals surface area contributed by atoms with Crippen molar-refractivity contribution >= 4 is 0 Å². The highest BCUT2D eigenvalue weighted by Gasteiger charge is 2.32. The molecule has 92 valence electrons. The van der Waals surface area contributed by atoms with Crippen LogP contribution in [0.1, 0.15) is 11.3 Å². The number of ether oxygens (including phenoxy) is 2. The summed E-state index contributed by atoms with van der Waals surface area (Å²) in [5.41, 5.74) is 0.717. The van der Waals surface area contributed by atoms with Crippen molar-refractivity contribution in [3.05, 3.63) is 17.3 Å². The molecule has 1 aromatic heterocycles. The van der Waals surface area contributed by atoms with Gasteiger partial charge in [-0.25, -0.2) is 4.98 Å². The van der Waals surface area contributed by atoms with E-state index in [0.717, 1.165) is 6.07 Å². The fourth-order valence-corrected chi connectivity index (χ4v) is 1.24. The molecule has 7 heteroatoms. The fourth-order valence-electron chi connectivity index (χ4n) is 1.24. The van der Waals surface area contributed by atoms with Gasteiger partial charge in [0.25, 0.3) is 0 Å². The summed E-state index contributed by atoms with van der Waals surface area (Å²) in [7, 11) is 1.32. The second kappa shape index (κ2) is 4.91. The Kier molecular flexibility index (Phi) is 3.78. The van der Waals surface area contributed by atoms with E-state index in [2.05, 4.69) is 9.72 Å². The summed E-state index contributed by atoms with van der Waals surface area (Å²) in [5, 5.41) is 8.54. The molecule has 17 heavy (non-hydrogen) atoms. The van der Waals surface area contributed by atoms with Gasteiger partial charge in [-0.2, -0.15) is 5.26 Å². The van der Waals surface area contributed by atoms with Crippen molar-refractivity contribution in [1.82, 2.24) is 4.98 Å². The normalized spacial score (nSPS) is 10.8. The Morgan fingerprint density at radius 2 is 2.12 bits per heavy atom. The van der Waals surface area contributed by atoms with E-state index in [1.165, 1.54) is 7.11 Å². The van der Waals surface area contributed by atoms with Crippen molar-refractivity contribution in [2.75, 3.05) is 7.11 Å². The van der Waals surface area contributed by atoms with Gasteiger partial charge in [0.1, 0.15) is 5.75 Å². The molecule has 0 N–H and O–H groups in total. The Bertz CT molecular complexity index is 452. The number of hydrogen-bond acceptors (Lipinski definition) is 4. The van der Waals surface area contributed by atoms with Gasteiger partial charge in [0.05, 0.1) is 25.3 Å². The maximum absolute atomic E-state index is 12.0. The van der Waals surface area contributed by atoms with Gasteiger partial charge in [0, 0.05) is 11.6 Å². The SMILES string of the molecule is COc1cc(OC(F)(F)F)nc(CC#N)c1C. The molecule has 0 bridgehead atoms. The van der Waals surface area contributed by atoms with E-state index in [1.54, 1.807) is 6.92 Å². The van der Waals surface area contributed by atoms with Crippen molar-refractivity contribution in [2.24, 2.45) is 0 Å². The molecule has 0 saturated heterocycles. The van der Waals surface area contributed by atoms with Gasteiger partial charge < -0.3 is 9.47 Å². The van der Waals surface area contributed by atoms with Crippen molar-refractivity contribution in [1.29, 1.82) is 5.26 Å². The lowest BCUT2D eigenvalue weighted by Crippen LogP contribution is -2.18. The van der Waals surface area contributed by atoms with Crippen molar-refractivity contribution in [3.8, 4) is 17.7 Å². The summed E-state index contributed by atoms with van der Waals surface area (Å²) in [6, 6.07) is 2.84. The summed E-state index contributed by atoms with van der Waals surface area (Å²) in [6.07, 6.45) is -4.94. The molecule has 0 spiro atoms. The van der Waals surface area contributed by atoms with Gasteiger partial charge in [-0.05, 0) is 6.92 Å². The lowest BCUT2D eigenvalue weighted by molar-refractivity contribution is -0.276. The molecule has 0 aliphatic carbocycles. The molecule has 4 nitrogen and oxygen atoms in total. The minimum Gasteiger partial charge on any atom is -0.496 e. The molecule has 0 fully saturated rings. The fraction of sp³-hybridized carbons (Fsp3) is 0.400. The highest BCUT2D eigenvalue weighted by molar-refractivity contribution is 5.40. The lowest BCUT2D eigenvalue weighted by atomic mass is 10.1. The lowest BCUT2D eigenvalue weighted by Gasteiger charge is -2.12. The number of pyridine rings is 1. The van der Waals surface area contributed by atoms with E-state index in [9.17, 15) is 13.2 Å². The first kappa shape index (κ1) is 13.1. The van der Waals surface area contributed by atoms with Crippen LogP contribution in [0.3, 0.4) is 0 Å². The Hall–Kier alpha value is -1.97. The zero-order valence-electron chi connectivity index (χ0n) is 9.13. The zero-order valence-corrected chi connectivity index (χ0v) is 9.13. The molecule has 0 unspecified atom stereocenters. The second-order valence-electron chi connectivity index (χ2n) is 3.12. The first-order chi connectivity index (χ1) is 7.87. The molecule has 1 heterocycles. The van der Waals surface area contributed by atoms with Crippen LogP contribution in [0.15, 0.2) is 6.07 Å². The smallest absolute Gasteiger partial charge is 0.496 e. The van der Waals surface area contributed by atoms with E-state index in [-0.39, 0.29) is 17.9 Å². The third-order valence-electron chi connectivity index (χ3n) is 1.99. The van der Waals surface area contributed by atoms with Crippen LogP contribution in [-0.4, -0.2) is 18.5 Å². The van der Waals surface area contributed by atoms with Crippen LogP contribution >= 0.6 is 0 Å². The van der Waals surface area contributed by atoms with Crippen LogP contribution in [0.5, 0.6) is 11.6 Å². The Morgan fingerprint density at radius 3 is 2.59 bits per heavy atom. The average molecular weight is 246 g/mol. The number of halogens is 3. The molecule has 1 aromatic rings. The quantitative estimate of drug-likeness (QED) is 0.821. The second-order valence-corrected chi connectivity index (χ2v) is 3.12. The Balaban J connectivity index is 3.16. The molecule has 0 aliphatic heterocycles. The van der Waals surface area contributed by atoms with E-state index < -0.39 is 12.2 Å². The van der Waals surface area contributed by atoms with Gasteiger partial charge >= 0.3 is 6.36 Å². The van der Waals surface area contributed by atoms with Crippen LogP contribution in [0.2, 0.25) is 0 Å². The van der Waals surface area contributed by atoms with Gasteiger partial charge in [-0.1, -0.05) is 0 Å². The molecule has 0 aliphatic rings. The first-order valence-electron chi connectivity index (χ1n) is 4.54. The number of aromatic nitrogens is 1. The van der Waals surface area contributed by atoms with Crippen molar-refractivity contribution < 1.29 is 22.6 Å². The summed E-state index contributed by atoms with van der Waals surface area (Å²) in [5.74, 6) is -0.435. The third kappa shape index (κ3) is 3.52. The largest absolute Gasteiger partial charge is 0.574 e. The van der Waals surface area contributed by atoms with Crippen LogP contribution < -0.4 is 9.47 Å². The molecule has 0 amide bonds. The van der Waals surface area contributed by atoms with Crippen molar-refractivity contribution in [3.63, 3.8) is 0 Å². The Labute approximate surface area is 95.6 Å². The molecule has 0 radical (unpaired) electrons. The number of rotatable bonds is 3. The van der Waals surface area contributed by atoms with Crippen LogP contribution in [0, 0.1) is 18.3 Å². The monoisotopic (exact) mass is 246 g/mol. The van der Waals surface area contributed by atoms with Gasteiger partial charge in [0.15, 0.2) is 0 Å². The van der Waals surface area contributed by atoms with E-state index in [4.69, 9.17) is 10.00 Å². The number of hydrogen-bond donors (Lipinski definition) is 0. The maximum Gasteiger partial charge on any atom is 0.574 e. The van der Waals surface area contributed by atoms with E-state index in [1.807, 2.05) is 6.07 Å². The zero-order chi connectivity index (χ0) is 13.1. The number of nitrogens with zero attached hydrogens (tertiary/aromatic N) is 2. The third-order valence-corrected chi connectivity index (χ3v) is 1.99. The van der Waals surface area contributed by atoms with Crippen molar-refractivity contribution in [2.45, 2.75) is 19.7 Å². The van der Waals surface area contributed by atoms with Gasteiger partial charge in [0.2, 0.25) is 5.88 Å². The molecular weight excluding hydrogens is 237 g/mol. The molecular formula is C10H9F3N2O2. The maximum atomic E-state index is 12.0. The van der Waals surface area contributed by atoms with Crippen LogP contribution in [0.25, 0.3) is 0 Å². The van der Waals surface area contributed by atoms with Crippen LogP contribution in [0.4, 0.5) is 13.2 Å². The minimum absolute atomic E-state index is 0.114. The Morgan fingerprint density at radius 1 is 1.47 bits per heavy atom. The molecule has 0 aromatic carbocycles. The van der Waals surface area contributed by atoms with Gasteiger partial charge in [-0.15, -0.1) is 13.2 Å². The highest BCUT2D eigenvalue weighted by Crippen LogP contribution is 2.28. The van der Waals surface area contributed by atoms with Crippen LogP contribution in [-0.2, 0) is 6.42 Å². The first-order valence-corrected chi connectivity index (χ1v) is 4.54. The summed E-state index contributed by atoms with van der Waals surface area (Å²) >= 11 is 0. The predicted molar refractivity (Wildman–Crippen MR) is 51.5 cm³/mol. The summed E-state index contributed by atoms with van der Waals surface area (Å²) in [6.45, 7) is 1.61. The number of nitriles is 1. The average Bonchev–Trinajstić information content (AvgIpc) is 2.20. The number of methoxy groups -OCH3 is 1. The summed E-state index contributed by atoms with van der Waals surface area (Å²) in [4.78, 5) is 3.61. The summed E-state index contributed by atoms with van der Waals surface area (Å²) < 4.78 is 44.7. The highest BCUT2D eigenvalue weighted by atomic mass is 19.4. The van der Waals surface area contributed by atoms with E-state index in [0.29, 0.717) is 5.56 Å². The standard InChI is InChI=1S/C10H9F3N2O2/c1-6-7(3-4-14)15-9(5-8(6)16-2)17-10(11,12)13/h5H,3H2,1-2H3. The molecule has 0 saturated carbocycles. The predicted octanol–water partition coefficient (Wildman–Crippen LogP) is 2.36. The molecule has 1 rings (SSSR count). The topological polar surface area (TPSA) is 55.1 Å². The van der Waals surface area contributed by atoms with E-state index >= 15 is 0 Å². The number of alkyl halides is 3. The van der Waals surface area contributed by atoms with Gasteiger partial charge in [-0.3, -0.25) is 0 Å².